The highest BCUT2D eigenvalue weighted by Crippen LogP contribution is 2.21. The molecule has 0 saturated carbocycles. The molecule has 0 aliphatic carbocycles. The van der Waals surface area contributed by atoms with E-state index < -0.39 is 0 Å². The first kappa shape index (κ1) is 16.3. The molecule has 0 atom stereocenters. The zero-order valence-electron chi connectivity index (χ0n) is 12.5. The molecule has 0 unspecified atom stereocenters. The maximum atomic E-state index is 14.0. The summed E-state index contributed by atoms with van der Waals surface area (Å²) in [4.78, 5) is 1.92. The van der Waals surface area contributed by atoms with Gasteiger partial charge in [0.05, 0.1) is 11.3 Å². The van der Waals surface area contributed by atoms with Gasteiger partial charge in [0.25, 0.3) is 0 Å². The average molecular weight is 318 g/mol. The summed E-state index contributed by atoms with van der Waals surface area (Å²) in [7, 11) is 3.80. The lowest BCUT2D eigenvalue weighted by molar-refractivity contribution is 0.392. The second-order valence-electron chi connectivity index (χ2n) is 5.32. The number of anilines is 1. The molecule has 2 aromatic carbocycles. The number of benzene rings is 2. The predicted molar refractivity (Wildman–Crippen MR) is 87.3 cm³/mol. The van der Waals surface area contributed by atoms with E-state index in [1.165, 1.54) is 6.07 Å². The lowest BCUT2D eigenvalue weighted by Gasteiger charge is -2.12. The van der Waals surface area contributed by atoms with Gasteiger partial charge in [0.2, 0.25) is 0 Å². The zero-order valence-corrected chi connectivity index (χ0v) is 13.3. The largest absolute Gasteiger partial charge is 0.380 e. The van der Waals surface area contributed by atoms with Crippen molar-refractivity contribution in [3.05, 3.63) is 63.9 Å². The van der Waals surface area contributed by atoms with Crippen molar-refractivity contribution in [2.75, 3.05) is 19.4 Å². The maximum absolute atomic E-state index is 14.0. The molecule has 3 nitrogen and oxygen atoms in total. The van der Waals surface area contributed by atoms with Gasteiger partial charge in [-0.3, -0.25) is 0 Å². The highest BCUT2D eigenvalue weighted by molar-refractivity contribution is 6.30. The van der Waals surface area contributed by atoms with E-state index in [0.29, 0.717) is 34.9 Å². The van der Waals surface area contributed by atoms with Crippen LogP contribution in [0.25, 0.3) is 0 Å². The second kappa shape index (κ2) is 7.26. The third-order valence-corrected chi connectivity index (χ3v) is 3.42. The third kappa shape index (κ3) is 4.20. The minimum Gasteiger partial charge on any atom is -0.380 e. The number of rotatable bonds is 5. The Morgan fingerprint density at radius 3 is 2.64 bits per heavy atom. The summed E-state index contributed by atoms with van der Waals surface area (Å²) in [6.45, 7) is 0.987. The highest BCUT2D eigenvalue weighted by atomic mass is 35.5. The van der Waals surface area contributed by atoms with Crippen LogP contribution in [0.4, 0.5) is 10.1 Å². The lowest BCUT2D eigenvalue weighted by Crippen LogP contribution is -2.12. The topological polar surface area (TPSA) is 39.1 Å². The summed E-state index contributed by atoms with van der Waals surface area (Å²) in [5, 5.41) is 12.7. The van der Waals surface area contributed by atoms with E-state index in [1.54, 1.807) is 24.3 Å². The number of hydrogen-bond donors (Lipinski definition) is 1. The lowest BCUT2D eigenvalue weighted by atomic mass is 10.1. The second-order valence-corrected chi connectivity index (χ2v) is 5.76. The van der Waals surface area contributed by atoms with Crippen molar-refractivity contribution in [2.45, 2.75) is 13.1 Å². The quantitative estimate of drug-likeness (QED) is 0.905. The van der Waals surface area contributed by atoms with Gasteiger partial charge in [-0.25, -0.2) is 4.39 Å². The van der Waals surface area contributed by atoms with Crippen molar-refractivity contribution in [3.8, 4) is 6.07 Å². The Labute approximate surface area is 134 Å². The number of hydrogen-bond acceptors (Lipinski definition) is 3. The molecule has 2 rings (SSSR count). The molecular formula is C17H17ClFN3. The SMILES string of the molecule is CN(C)Cc1ccc(CNc2cc(Cl)ccc2C#N)cc1F. The number of halogens is 2. The summed E-state index contributed by atoms with van der Waals surface area (Å²) in [5.41, 5.74) is 2.62. The van der Waals surface area contributed by atoms with Crippen LogP contribution < -0.4 is 5.32 Å². The molecule has 0 radical (unpaired) electrons. The van der Waals surface area contributed by atoms with Gasteiger partial charge in [-0.15, -0.1) is 0 Å². The van der Waals surface area contributed by atoms with Gasteiger partial charge >= 0.3 is 0 Å². The van der Waals surface area contributed by atoms with Gasteiger partial charge in [0.1, 0.15) is 11.9 Å². The molecule has 0 fully saturated rings. The van der Waals surface area contributed by atoms with E-state index in [-0.39, 0.29) is 5.82 Å². The van der Waals surface area contributed by atoms with Crippen LogP contribution in [0.1, 0.15) is 16.7 Å². The molecule has 22 heavy (non-hydrogen) atoms. The van der Waals surface area contributed by atoms with E-state index in [2.05, 4.69) is 11.4 Å². The zero-order chi connectivity index (χ0) is 16.1. The minimum atomic E-state index is -0.223. The maximum Gasteiger partial charge on any atom is 0.128 e. The molecule has 0 bridgehead atoms. The van der Waals surface area contributed by atoms with Crippen LogP contribution in [0.15, 0.2) is 36.4 Å². The van der Waals surface area contributed by atoms with Crippen molar-refractivity contribution in [1.82, 2.24) is 4.90 Å². The smallest absolute Gasteiger partial charge is 0.128 e. The predicted octanol–water partition coefficient (Wildman–Crippen LogP) is 4.02. The van der Waals surface area contributed by atoms with Crippen LogP contribution in [-0.2, 0) is 13.1 Å². The van der Waals surface area contributed by atoms with Crippen LogP contribution in [0, 0.1) is 17.1 Å². The van der Waals surface area contributed by atoms with Gasteiger partial charge in [0, 0.05) is 23.7 Å². The number of nitrogens with zero attached hydrogens (tertiary/aromatic N) is 2. The van der Waals surface area contributed by atoms with Gasteiger partial charge < -0.3 is 10.2 Å². The molecule has 0 amide bonds. The van der Waals surface area contributed by atoms with E-state index in [0.717, 1.165) is 5.56 Å². The van der Waals surface area contributed by atoms with Crippen molar-refractivity contribution in [2.24, 2.45) is 0 Å². The Kier molecular flexibility index (Phi) is 5.37. The van der Waals surface area contributed by atoms with Crippen molar-refractivity contribution in [1.29, 1.82) is 5.26 Å². The van der Waals surface area contributed by atoms with Crippen LogP contribution in [0.3, 0.4) is 0 Å². The Balaban J connectivity index is 2.11. The molecule has 0 heterocycles. The Hall–Kier alpha value is -2.09. The van der Waals surface area contributed by atoms with Crippen molar-refractivity contribution >= 4 is 17.3 Å². The van der Waals surface area contributed by atoms with Crippen LogP contribution in [0.2, 0.25) is 5.02 Å². The van der Waals surface area contributed by atoms with Gasteiger partial charge in [-0.05, 0) is 43.9 Å². The van der Waals surface area contributed by atoms with Gasteiger partial charge in [-0.1, -0.05) is 23.7 Å². The van der Waals surface area contributed by atoms with E-state index in [4.69, 9.17) is 16.9 Å². The van der Waals surface area contributed by atoms with E-state index in [9.17, 15) is 4.39 Å². The molecule has 0 spiro atoms. The Bertz CT molecular complexity index is 708. The third-order valence-electron chi connectivity index (χ3n) is 3.19. The van der Waals surface area contributed by atoms with Gasteiger partial charge in [-0.2, -0.15) is 5.26 Å². The van der Waals surface area contributed by atoms with Crippen LogP contribution >= 0.6 is 11.6 Å². The van der Waals surface area contributed by atoms with Crippen molar-refractivity contribution in [3.63, 3.8) is 0 Å². The fraction of sp³-hybridized carbons (Fsp3) is 0.235. The molecular weight excluding hydrogens is 301 g/mol. The summed E-state index contributed by atoms with van der Waals surface area (Å²) >= 11 is 5.94. The highest BCUT2D eigenvalue weighted by Gasteiger charge is 2.06. The molecule has 0 aliphatic rings. The summed E-state index contributed by atoms with van der Waals surface area (Å²) in [6, 6.07) is 12.3. The average Bonchev–Trinajstić information content (AvgIpc) is 2.47. The van der Waals surface area contributed by atoms with E-state index >= 15 is 0 Å². The van der Waals surface area contributed by atoms with Crippen LogP contribution in [0.5, 0.6) is 0 Å². The standard InChI is InChI=1S/C17H17ClFN3/c1-22(2)11-14-4-3-12(7-16(14)19)10-21-17-8-15(18)6-5-13(17)9-20/h3-8,21H,10-11H2,1-2H3. The van der Waals surface area contributed by atoms with E-state index in [1.807, 2.05) is 25.1 Å². The molecule has 1 N–H and O–H groups in total. The molecule has 0 aromatic heterocycles. The first-order chi connectivity index (χ1) is 10.5. The minimum absolute atomic E-state index is 0.223. The first-order valence-electron chi connectivity index (χ1n) is 6.85. The molecule has 5 heteroatoms. The normalized spacial score (nSPS) is 10.5. The molecule has 0 aliphatic heterocycles. The number of nitrogens with one attached hydrogen (secondary N) is 1. The Morgan fingerprint density at radius 2 is 2.00 bits per heavy atom. The van der Waals surface area contributed by atoms with Crippen LogP contribution in [-0.4, -0.2) is 19.0 Å². The molecule has 114 valence electrons. The summed E-state index contributed by atoms with van der Waals surface area (Å²) in [6.07, 6.45) is 0. The molecule has 2 aromatic rings. The monoisotopic (exact) mass is 317 g/mol. The molecule has 0 saturated heterocycles. The fourth-order valence-electron chi connectivity index (χ4n) is 2.13. The summed E-state index contributed by atoms with van der Waals surface area (Å²) < 4.78 is 14.0. The number of nitriles is 1. The van der Waals surface area contributed by atoms with Crippen molar-refractivity contribution < 1.29 is 4.39 Å². The Morgan fingerprint density at radius 1 is 1.23 bits per heavy atom. The fourth-order valence-corrected chi connectivity index (χ4v) is 2.30. The van der Waals surface area contributed by atoms with Gasteiger partial charge in [0.15, 0.2) is 0 Å². The summed E-state index contributed by atoms with van der Waals surface area (Å²) in [5.74, 6) is -0.223. The first-order valence-corrected chi connectivity index (χ1v) is 7.23.